The molecule has 0 bridgehead atoms. The van der Waals surface area contributed by atoms with Crippen LogP contribution >= 0.6 is 0 Å². The first kappa shape index (κ1) is 19.6. The van der Waals surface area contributed by atoms with Gasteiger partial charge in [-0.25, -0.2) is 8.42 Å². The van der Waals surface area contributed by atoms with Gasteiger partial charge in [0.2, 0.25) is 10.0 Å². The van der Waals surface area contributed by atoms with E-state index in [-0.39, 0.29) is 22.5 Å². The molecule has 1 aliphatic rings. The van der Waals surface area contributed by atoms with Gasteiger partial charge in [0.05, 0.1) is 10.9 Å². The molecule has 0 saturated heterocycles. The maximum atomic E-state index is 12.5. The maximum absolute atomic E-state index is 12.5. The van der Waals surface area contributed by atoms with Crippen molar-refractivity contribution in [2.75, 3.05) is 13.1 Å². The molecule has 7 nitrogen and oxygen atoms in total. The molecule has 0 aliphatic heterocycles. The molecule has 2 aromatic rings. The van der Waals surface area contributed by atoms with E-state index in [0.29, 0.717) is 19.0 Å². The second kappa shape index (κ2) is 7.82. The largest absolute Gasteiger partial charge is 0.360 e. The van der Waals surface area contributed by atoms with Crippen LogP contribution in [0.15, 0.2) is 39.8 Å². The molecule has 1 heterocycles. The normalized spacial score (nSPS) is 15.7. The minimum atomic E-state index is -3.49. The van der Waals surface area contributed by atoms with Gasteiger partial charge in [-0.15, -0.1) is 0 Å². The van der Waals surface area contributed by atoms with Crippen LogP contribution < -0.4 is 5.32 Å². The van der Waals surface area contributed by atoms with Gasteiger partial charge in [0.15, 0.2) is 5.69 Å². The SMILES string of the molecule is CCN(CC)S(=O)(=O)c1ccc([C@H](C)NC(=O)c2cc(C3CC3)on2)cc1. The number of aromatic nitrogens is 1. The topological polar surface area (TPSA) is 92.5 Å². The number of sulfonamides is 1. The number of nitrogens with zero attached hydrogens (tertiary/aromatic N) is 2. The van der Waals surface area contributed by atoms with Crippen molar-refractivity contribution in [2.24, 2.45) is 0 Å². The van der Waals surface area contributed by atoms with Crippen molar-refractivity contribution in [3.63, 3.8) is 0 Å². The van der Waals surface area contributed by atoms with Gasteiger partial charge < -0.3 is 9.84 Å². The first-order valence-electron chi connectivity index (χ1n) is 9.24. The number of amides is 1. The second-order valence-corrected chi connectivity index (χ2v) is 8.68. The van der Waals surface area contributed by atoms with Crippen LogP contribution in [0.4, 0.5) is 0 Å². The molecule has 1 saturated carbocycles. The van der Waals surface area contributed by atoms with Gasteiger partial charge in [0.1, 0.15) is 5.76 Å². The van der Waals surface area contributed by atoms with Gasteiger partial charge in [0.25, 0.3) is 5.91 Å². The van der Waals surface area contributed by atoms with Gasteiger partial charge in [-0.1, -0.05) is 31.1 Å². The number of hydrogen-bond acceptors (Lipinski definition) is 5. The van der Waals surface area contributed by atoms with Crippen LogP contribution in [0.3, 0.4) is 0 Å². The molecule has 1 N–H and O–H groups in total. The Labute approximate surface area is 159 Å². The van der Waals surface area contributed by atoms with Crippen molar-refractivity contribution in [1.29, 1.82) is 0 Å². The fourth-order valence-electron chi connectivity index (χ4n) is 2.95. The van der Waals surface area contributed by atoms with E-state index < -0.39 is 10.0 Å². The van der Waals surface area contributed by atoms with E-state index in [2.05, 4.69) is 10.5 Å². The second-order valence-electron chi connectivity index (χ2n) is 6.74. The quantitative estimate of drug-likeness (QED) is 0.746. The third-order valence-electron chi connectivity index (χ3n) is 4.81. The van der Waals surface area contributed by atoms with Crippen LogP contribution in [0.25, 0.3) is 0 Å². The predicted molar refractivity (Wildman–Crippen MR) is 101 cm³/mol. The van der Waals surface area contributed by atoms with Crippen LogP contribution in [-0.2, 0) is 10.0 Å². The van der Waals surface area contributed by atoms with Gasteiger partial charge in [0, 0.05) is 25.1 Å². The Bertz CT molecular complexity index is 897. The lowest BCUT2D eigenvalue weighted by Crippen LogP contribution is -2.30. The van der Waals surface area contributed by atoms with Gasteiger partial charge >= 0.3 is 0 Å². The Balaban J connectivity index is 1.67. The minimum absolute atomic E-state index is 0.249. The van der Waals surface area contributed by atoms with E-state index in [1.807, 2.05) is 20.8 Å². The van der Waals surface area contributed by atoms with E-state index in [9.17, 15) is 13.2 Å². The molecule has 27 heavy (non-hydrogen) atoms. The summed E-state index contributed by atoms with van der Waals surface area (Å²) < 4.78 is 31.7. The molecule has 1 amide bonds. The molecule has 1 fully saturated rings. The summed E-state index contributed by atoms with van der Waals surface area (Å²) in [4.78, 5) is 12.6. The average molecular weight is 391 g/mol. The van der Waals surface area contributed by atoms with Crippen molar-refractivity contribution in [3.05, 3.63) is 47.3 Å². The molecule has 1 aromatic heterocycles. The van der Waals surface area contributed by atoms with Gasteiger partial charge in [-0.2, -0.15) is 4.31 Å². The Morgan fingerprint density at radius 3 is 2.44 bits per heavy atom. The molecule has 1 aromatic carbocycles. The third-order valence-corrected chi connectivity index (χ3v) is 6.88. The van der Waals surface area contributed by atoms with Crippen molar-refractivity contribution in [2.45, 2.75) is 50.5 Å². The smallest absolute Gasteiger partial charge is 0.273 e. The third kappa shape index (κ3) is 4.22. The highest BCUT2D eigenvalue weighted by atomic mass is 32.2. The van der Waals surface area contributed by atoms with Crippen molar-refractivity contribution in [3.8, 4) is 0 Å². The zero-order valence-electron chi connectivity index (χ0n) is 15.8. The summed E-state index contributed by atoms with van der Waals surface area (Å²) in [6.45, 7) is 6.31. The van der Waals surface area contributed by atoms with E-state index >= 15 is 0 Å². The lowest BCUT2D eigenvalue weighted by atomic mass is 10.1. The molecule has 1 aliphatic carbocycles. The van der Waals surface area contributed by atoms with Crippen LogP contribution in [0, 0.1) is 0 Å². The Kier molecular flexibility index (Phi) is 5.67. The number of rotatable bonds is 8. The van der Waals surface area contributed by atoms with E-state index in [4.69, 9.17) is 4.52 Å². The lowest BCUT2D eigenvalue weighted by molar-refractivity contribution is 0.0930. The number of nitrogens with one attached hydrogen (secondary N) is 1. The fraction of sp³-hybridized carbons (Fsp3) is 0.474. The molecule has 8 heteroatoms. The zero-order chi connectivity index (χ0) is 19.6. The first-order chi connectivity index (χ1) is 12.9. The van der Waals surface area contributed by atoms with Crippen LogP contribution in [0.5, 0.6) is 0 Å². The molecular weight excluding hydrogens is 366 g/mol. The van der Waals surface area contributed by atoms with Crippen molar-refractivity contribution in [1.82, 2.24) is 14.8 Å². The van der Waals surface area contributed by atoms with E-state index in [1.54, 1.807) is 30.3 Å². The highest BCUT2D eigenvalue weighted by molar-refractivity contribution is 7.89. The highest BCUT2D eigenvalue weighted by Gasteiger charge is 2.29. The van der Waals surface area contributed by atoms with Crippen LogP contribution in [0.2, 0.25) is 0 Å². The lowest BCUT2D eigenvalue weighted by Gasteiger charge is -2.19. The van der Waals surface area contributed by atoms with Crippen molar-refractivity contribution >= 4 is 15.9 Å². The molecular formula is C19H25N3O4S. The van der Waals surface area contributed by atoms with Gasteiger partial charge in [-0.05, 0) is 37.5 Å². The number of hydrogen-bond donors (Lipinski definition) is 1. The summed E-state index contributed by atoms with van der Waals surface area (Å²) >= 11 is 0. The molecule has 0 radical (unpaired) electrons. The monoisotopic (exact) mass is 391 g/mol. The predicted octanol–water partition coefficient (Wildman–Crippen LogP) is 3.07. The average Bonchev–Trinajstić information content (AvgIpc) is 3.39. The Morgan fingerprint density at radius 2 is 1.89 bits per heavy atom. The van der Waals surface area contributed by atoms with E-state index in [1.165, 1.54) is 4.31 Å². The van der Waals surface area contributed by atoms with Crippen molar-refractivity contribution < 1.29 is 17.7 Å². The highest BCUT2D eigenvalue weighted by Crippen LogP contribution is 2.40. The summed E-state index contributed by atoms with van der Waals surface area (Å²) in [6, 6.07) is 8.00. The molecule has 146 valence electrons. The molecule has 0 unspecified atom stereocenters. The first-order valence-corrected chi connectivity index (χ1v) is 10.7. The summed E-state index contributed by atoms with van der Waals surface area (Å²) in [5, 5.41) is 6.70. The summed E-state index contributed by atoms with van der Waals surface area (Å²) in [6.07, 6.45) is 2.16. The fourth-order valence-corrected chi connectivity index (χ4v) is 4.41. The number of benzene rings is 1. The van der Waals surface area contributed by atoms with Crippen LogP contribution in [0.1, 0.15) is 67.4 Å². The maximum Gasteiger partial charge on any atom is 0.273 e. The standard InChI is InChI=1S/C19H25N3O4S/c1-4-22(5-2)27(24,25)16-10-8-14(9-11-16)13(3)20-19(23)17-12-18(26-21-17)15-6-7-15/h8-13,15H,4-7H2,1-3H3,(H,20,23)/t13-/m0/s1. The Morgan fingerprint density at radius 1 is 1.26 bits per heavy atom. The zero-order valence-corrected chi connectivity index (χ0v) is 16.6. The van der Waals surface area contributed by atoms with Crippen LogP contribution in [-0.4, -0.2) is 36.9 Å². The summed E-state index contributed by atoms with van der Waals surface area (Å²) in [7, 11) is -3.49. The Hall–Kier alpha value is -2.19. The molecule has 3 rings (SSSR count). The van der Waals surface area contributed by atoms with E-state index in [0.717, 1.165) is 24.2 Å². The summed E-state index contributed by atoms with van der Waals surface area (Å²) in [5.41, 5.74) is 1.08. The summed E-state index contributed by atoms with van der Waals surface area (Å²) in [5.74, 6) is 0.855. The number of carbonyl (C=O) groups is 1. The minimum Gasteiger partial charge on any atom is -0.360 e. The number of carbonyl (C=O) groups excluding carboxylic acids is 1. The molecule has 1 atom stereocenters. The van der Waals surface area contributed by atoms with Gasteiger partial charge in [-0.3, -0.25) is 4.79 Å². The molecule has 0 spiro atoms.